The number of carboxylic acid groups (broad SMARTS) is 1. The third-order valence-electron chi connectivity index (χ3n) is 3.24. The van der Waals surface area contributed by atoms with Crippen molar-refractivity contribution in [1.82, 2.24) is 10.1 Å². The van der Waals surface area contributed by atoms with E-state index in [1.165, 1.54) is 4.90 Å². The normalized spacial score (nSPS) is 19.5. The number of carboxylic acids is 1. The lowest BCUT2D eigenvalue weighted by molar-refractivity contribution is -0.158. The Morgan fingerprint density at radius 1 is 1.47 bits per heavy atom. The number of nitrogens with zero attached hydrogens (tertiary/aromatic N) is 2. The van der Waals surface area contributed by atoms with E-state index in [1.54, 1.807) is 13.8 Å². The second-order valence-corrected chi connectivity index (χ2v) is 4.50. The Hall–Kier alpha value is -1.89. The molecule has 7 nitrogen and oxygen atoms in total. The van der Waals surface area contributed by atoms with Crippen molar-refractivity contribution in [2.24, 2.45) is 0 Å². The van der Waals surface area contributed by atoms with Crippen LogP contribution in [0.25, 0.3) is 0 Å². The molecule has 0 unspecified atom stereocenters. The number of rotatable bonds is 3. The second kappa shape index (κ2) is 5.40. The zero-order valence-electron chi connectivity index (χ0n) is 10.9. The van der Waals surface area contributed by atoms with Crippen LogP contribution >= 0.6 is 0 Å². The SMILES string of the molecule is Cc1noc(C)c1CC(=O)N1CCOC[C@H]1C(=O)O. The molecule has 2 rings (SSSR count). The molecule has 0 bridgehead atoms. The van der Waals surface area contributed by atoms with Crippen molar-refractivity contribution in [1.29, 1.82) is 0 Å². The molecule has 1 atom stereocenters. The minimum Gasteiger partial charge on any atom is -0.480 e. The van der Waals surface area contributed by atoms with Crippen molar-refractivity contribution < 1.29 is 24.0 Å². The van der Waals surface area contributed by atoms with Crippen LogP contribution in [-0.4, -0.2) is 52.8 Å². The molecule has 7 heteroatoms. The summed E-state index contributed by atoms with van der Waals surface area (Å²) in [5, 5.41) is 12.9. The van der Waals surface area contributed by atoms with E-state index < -0.39 is 12.0 Å². The van der Waals surface area contributed by atoms with Gasteiger partial charge in [0.05, 0.1) is 25.3 Å². The molecule has 0 radical (unpaired) electrons. The molecule has 1 aromatic rings. The van der Waals surface area contributed by atoms with Crippen LogP contribution in [0.2, 0.25) is 0 Å². The van der Waals surface area contributed by atoms with Gasteiger partial charge in [-0.05, 0) is 13.8 Å². The molecule has 19 heavy (non-hydrogen) atoms. The Morgan fingerprint density at radius 3 is 2.79 bits per heavy atom. The highest BCUT2D eigenvalue weighted by Crippen LogP contribution is 2.16. The fourth-order valence-electron chi connectivity index (χ4n) is 2.11. The van der Waals surface area contributed by atoms with Crippen molar-refractivity contribution in [3.63, 3.8) is 0 Å². The van der Waals surface area contributed by atoms with Crippen molar-refractivity contribution in [2.75, 3.05) is 19.8 Å². The number of amides is 1. The van der Waals surface area contributed by atoms with Crippen LogP contribution in [0.3, 0.4) is 0 Å². The fraction of sp³-hybridized carbons (Fsp3) is 0.583. The van der Waals surface area contributed by atoms with Crippen LogP contribution in [0.1, 0.15) is 17.0 Å². The van der Waals surface area contributed by atoms with Gasteiger partial charge in [-0.15, -0.1) is 0 Å². The third kappa shape index (κ3) is 2.76. The predicted octanol–water partition coefficient (Wildman–Crippen LogP) is 0.146. The number of aryl methyl sites for hydroxylation is 2. The zero-order valence-corrected chi connectivity index (χ0v) is 10.9. The number of carbonyl (C=O) groups is 2. The van der Waals surface area contributed by atoms with Gasteiger partial charge < -0.3 is 19.3 Å². The van der Waals surface area contributed by atoms with Gasteiger partial charge >= 0.3 is 5.97 Å². The summed E-state index contributed by atoms with van der Waals surface area (Å²) < 4.78 is 10.1. The van der Waals surface area contributed by atoms with Crippen LogP contribution in [0.4, 0.5) is 0 Å². The van der Waals surface area contributed by atoms with Crippen molar-refractivity contribution >= 4 is 11.9 Å². The Kier molecular flexibility index (Phi) is 3.84. The van der Waals surface area contributed by atoms with Gasteiger partial charge in [-0.3, -0.25) is 4.79 Å². The molecule has 0 spiro atoms. The van der Waals surface area contributed by atoms with Gasteiger partial charge in [0.15, 0.2) is 6.04 Å². The van der Waals surface area contributed by atoms with Crippen molar-refractivity contribution in [3.05, 3.63) is 17.0 Å². The van der Waals surface area contributed by atoms with Gasteiger partial charge in [-0.1, -0.05) is 5.16 Å². The number of hydrogen-bond acceptors (Lipinski definition) is 5. The Labute approximate surface area is 110 Å². The maximum atomic E-state index is 12.2. The highest BCUT2D eigenvalue weighted by Gasteiger charge is 2.33. The average molecular weight is 268 g/mol. The van der Waals surface area contributed by atoms with E-state index in [4.69, 9.17) is 14.4 Å². The van der Waals surface area contributed by atoms with Gasteiger partial charge in [-0.2, -0.15) is 0 Å². The topological polar surface area (TPSA) is 92.9 Å². The molecule has 1 amide bonds. The summed E-state index contributed by atoms with van der Waals surface area (Å²) in [6.07, 6.45) is 0.102. The molecule has 0 aliphatic carbocycles. The molecular formula is C12H16N2O5. The molecule has 1 aliphatic heterocycles. The molecule has 1 saturated heterocycles. The van der Waals surface area contributed by atoms with E-state index in [-0.39, 0.29) is 18.9 Å². The molecule has 0 aromatic carbocycles. The standard InChI is InChI=1S/C12H16N2O5/c1-7-9(8(2)19-13-7)5-11(15)14-3-4-18-6-10(14)12(16)17/h10H,3-6H2,1-2H3,(H,16,17)/t10-/m0/s1. The lowest BCUT2D eigenvalue weighted by Crippen LogP contribution is -2.53. The van der Waals surface area contributed by atoms with E-state index in [2.05, 4.69) is 5.16 Å². The molecule has 2 heterocycles. The Bertz CT molecular complexity index is 477. The van der Waals surface area contributed by atoms with Gasteiger partial charge in [-0.25, -0.2) is 4.79 Å². The quantitative estimate of drug-likeness (QED) is 0.838. The third-order valence-corrected chi connectivity index (χ3v) is 3.24. The smallest absolute Gasteiger partial charge is 0.328 e. The van der Waals surface area contributed by atoms with Crippen LogP contribution < -0.4 is 0 Å². The summed E-state index contributed by atoms with van der Waals surface area (Å²) in [6.45, 7) is 4.17. The van der Waals surface area contributed by atoms with Crippen LogP contribution in [0, 0.1) is 13.8 Å². The highest BCUT2D eigenvalue weighted by atomic mass is 16.5. The summed E-state index contributed by atoms with van der Waals surface area (Å²) in [4.78, 5) is 24.7. The van der Waals surface area contributed by atoms with Gasteiger partial charge in [0.25, 0.3) is 0 Å². The molecular weight excluding hydrogens is 252 g/mol. The summed E-state index contributed by atoms with van der Waals surface area (Å²) in [7, 11) is 0. The van der Waals surface area contributed by atoms with E-state index in [1.807, 2.05) is 0 Å². The number of carbonyl (C=O) groups excluding carboxylic acids is 1. The second-order valence-electron chi connectivity index (χ2n) is 4.50. The number of hydrogen-bond donors (Lipinski definition) is 1. The lowest BCUT2D eigenvalue weighted by Gasteiger charge is -2.32. The van der Waals surface area contributed by atoms with Crippen molar-refractivity contribution in [3.8, 4) is 0 Å². The van der Waals surface area contributed by atoms with E-state index in [0.29, 0.717) is 24.6 Å². The van der Waals surface area contributed by atoms with Gasteiger partial charge in [0.1, 0.15) is 5.76 Å². The van der Waals surface area contributed by atoms with Crippen LogP contribution in [0.15, 0.2) is 4.52 Å². The number of aliphatic carboxylic acids is 1. The van der Waals surface area contributed by atoms with E-state index in [9.17, 15) is 9.59 Å². The first kappa shape index (κ1) is 13.5. The van der Waals surface area contributed by atoms with Crippen LogP contribution in [-0.2, 0) is 20.7 Å². The first-order chi connectivity index (χ1) is 9.00. The first-order valence-corrected chi connectivity index (χ1v) is 6.02. The predicted molar refractivity (Wildman–Crippen MR) is 63.6 cm³/mol. The first-order valence-electron chi connectivity index (χ1n) is 6.02. The van der Waals surface area contributed by atoms with E-state index >= 15 is 0 Å². The van der Waals surface area contributed by atoms with Gasteiger partial charge in [0, 0.05) is 12.1 Å². The summed E-state index contributed by atoms with van der Waals surface area (Å²) in [5.74, 6) is -0.706. The van der Waals surface area contributed by atoms with E-state index in [0.717, 1.165) is 5.56 Å². The Morgan fingerprint density at radius 2 is 2.21 bits per heavy atom. The minimum absolute atomic E-state index is 0.0304. The highest BCUT2D eigenvalue weighted by molar-refractivity contribution is 5.85. The maximum absolute atomic E-state index is 12.2. The number of ether oxygens (including phenoxy) is 1. The molecule has 1 aliphatic rings. The zero-order chi connectivity index (χ0) is 14.0. The van der Waals surface area contributed by atoms with Crippen molar-refractivity contribution in [2.45, 2.75) is 26.3 Å². The molecule has 0 saturated carbocycles. The molecule has 1 aromatic heterocycles. The monoisotopic (exact) mass is 268 g/mol. The average Bonchev–Trinajstić information content (AvgIpc) is 2.70. The number of morpholine rings is 1. The van der Waals surface area contributed by atoms with Crippen LogP contribution in [0.5, 0.6) is 0 Å². The Balaban J connectivity index is 2.12. The van der Waals surface area contributed by atoms with Gasteiger partial charge in [0.2, 0.25) is 5.91 Å². The molecule has 104 valence electrons. The largest absolute Gasteiger partial charge is 0.480 e. The number of aromatic nitrogens is 1. The lowest BCUT2D eigenvalue weighted by atomic mass is 10.1. The summed E-state index contributed by atoms with van der Waals surface area (Å²) >= 11 is 0. The summed E-state index contributed by atoms with van der Waals surface area (Å²) in [5.41, 5.74) is 1.38. The maximum Gasteiger partial charge on any atom is 0.328 e. The fourth-order valence-corrected chi connectivity index (χ4v) is 2.11. The summed E-state index contributed by atoms with van der Waals surface area (Å²) in [6, 6.07) is -0.915. The minimum atomic E-state index is -1.05. The molecule has 1 N–H and O–H groups in total. The molecule has 1 fully saturated rings.